The Morgan fingerprint density at radius 1 is 1.12 bits per heavy atom. The van der Waals surface area contributed by atoms with Crippen molar-refractivity contribution in [3.8, 4) is 5.75 Å². The first-order valence-electron chi connectivity index (χ1n) is 9.37. The number of benzene rings is 1. The maximum Gasteiger partial charge on any atom is 0.223 e. The molecule has 1 fully saturated rings. The fourth-order valence-corrected chi connectivity index (χ4v) is 4.89. The van der Waals surface area contributed by atoms with Gasteiger partial charge in [0.05, 0.1) is 13.2 Å². The lowest BCUT2D eigenvalue weighted by molar-refractivity contribution is -0.130. The molecule has 4 rings (SSSR count). The van der Waals surface area contributed by atoms with E-state index < -0.39 is 0 Å². The van der Waals surface area contributed by atoms with Gasteiger partial charge < -0.3 is 14.5 Å². The molecule has 0 aliphatic carbocycles. The van der Waals surface area contributed by atoms with E-state index in [-0.39, 0.29) is 6.04 Å². The van der Waals surface area contributed by atoms with Crippen LogP contribution in [0.2, 0.25) is 0 Å². The largest absolute Gasteiger partial charge is 0.497 e. The molecule has 0 saturated carbocycles. The molecule has 0 aromatic heterocycles. The topological polar surface area (TPSA) is 32.8 Å². The number of amides is 1. The van der Waals surface area contributed by atoms with Crippen LogP contribution in [-0.4, -0.2) is 37.0 Å². The van der Waals surface area contributed by atoms with Crippen molar-refractivity contribution in [2.45, 2.75) is 58.0 Å². The van der Waals surface area contributed by atoms with Crippen LogP contribution in [0.3, 0.4) is 0 Å². The molecule has 0 radical (unpaired) electrons. The van der Waals surface area contributed by atoms with Gasteiger partial charge in [-0.05, 0) is 49.3 Å². The predicted molar refractivity (Wildman–Crippen MR) is 95.6 cm³/mol. The Hall–Kier alpha value is -1.71. The van der Waals surface area contributed by atoms with Gasteiger partial charge in [0, 0.05) is 36.8 Å². The molecule has 3 aliphatic heterocycles. The van der Waals surface area contributed by atoms with Crippen LogP contribution in [0.15, 0.2) is 12.1 Å². The zero-order chi connectivity index (χ0) is 16.8. The van der Waals surface area contributed by atoms with Crippen molar-refractivity contribution in [3.63, 3.8) is 0 Å². The maximum absolute atomic E-state index is 12.4. The summed E-state index contributed by atoms with van der Waals surface area (Å²) in [5.41, 5.74) is 4.12. The number of likely N-dealkylation sites (tertiary alicyclic amines) is 1. The van der Waals surface area contributed by atoms with Gasteiger partial charge in [-0.15, -0.1) is 0 Å². The molecule has 0 bridgehead atoms. The van der Waals surface area contributed by atoms with Gasteiger partial charge >= 0.3 is 0 Å². The summed E-state index contributed by atoms with van der Waals surface area (Å²) >= 11 is 0. The van der Waals surface area contributed by atoms with Gasteiger partial charge in [0.2, 0.25) is 5.91 Å². The zero-order valence-electron chi connectivity index (χ0n) is 15.0. The number of rotatable bonds is 3. The molecule has 2 atom stereocenters. The highest BCUT2D eigenvalue weighted by Crippen LogP contribution is 2.48. The van der Waals surface area contributed by atoms with Crippen LogP contribution in [0.1, 0.15) is 56.7 Å². The van der Waals surface area contributed by atoms with Crippen LogP contribution in [0.4, 0.5) is 5.69 Å². The minimum absolute atomic E-state index is 0.214. The minimum Gasteiger partial charge on any atom is -0.497 e. The maximum atomic E-state index is 12.4. The number of nitrogens with zero attached hydrogens (tertiary/aromatic N) is 2. The lowest BCUT2D eigenvalue weighted by Crippen LogP contribution is -2.49. The molecule has 4 nitrogen and oxygen atoms in total. The third-order valence-corrected chi connectivity index (χ3v) is 6.04. The van der Waals surface area contributed by atoms with Gasteiger partial charge in [-0.2, -0.15) is 0 Å². The molecular formula is C20H28N2O2. The van der Waals surface area contributed by atoms with Crippen molar-refractivity contribution < 1.29 is 9.53 Å². The van der Waals surface area contributed by atoms with E-state index in [4.69, 9.17) is 4.74 Å². The number of carbonyl (C=O) groups is 1. The lowest BCUT2D eigenvalue weighted by atomic mass is 9.81. The first-order chi connectivity index (χ1) is 11.6. The molecule has 4 heteroatoms. The number of aryl methyl sites for hydroxylation is 1. The number of carbonyl (C=O) groups excluding carboxylic acids is 1. The van der Waals surface area contributed by atoms with Gasteiger partial charge in [0.15, 0.2) is 0 Å². The van der Waals surface area contributed by atoms with E-state index in [0.29, 0.717) is 24.3 Å². The Morgan fingerprint density at radius 2 is 1.88 bits per heavy atom. The normalized spacial score (nSPS) is 26.1. The van der Waals surface area contributed by atoms with E-state index in [2.05, 4.69) is 35.8 Å². The molecule has 1 amide bonds. The van der Waals surface area contributed by atoms with Crippen molar-refractivity contribution in [1.29, 1.82) is 0 Å². The Bertz CT molecular complexity index is 655. The molecule has 0 N–H and O–H groups in total. The monoisotopic (exact) mass is 328 g/mol. The number of anilines is 1. The molecule has 3 aliphatic rings. The summed E-state index contributed by atoms with van der Waals surface area (Å²) in [4.78, 5) is 17.2. The number of methoxy groups -OCH3 is 1. The Labute approximate surface area is 144 Å². The van der Waals surface area contributed by atoms with E-state index in [9.17, 15) is 4.79 Å². The second kappa shape index (κ2) is 5.98. The summed E-state index contributed by atoms with van der Waals surface area (Å²) in [6.45, 7) is 6.67. The molecule has 0 spiro atoms. The van der Waals surface area contributed by atoms with Crippen LogP contribution in [0.25, 0.3) is 0 Å². The quantitative estimate of drug-likeness (QED) is 0.851. The first-order valence-corrected chi connectivity index (χ1v) is 9.37. The summed E-state index contributed by atoms with van der Waals surface area (Å²) in [5.74, 6) is 1.85. The van der Waals surface area contributed by atoms with Crippen molar-refractivity contribution in [1.82, 2.24) is 4.90 Å². The first kappa shape index (κ1) is 15.8. The van der Waals surface area contributed by atoms with E-state index >= 15 is 0 Å². The Balaban J connectivity index is 1.86. The van der Waals surface area contributed by atoms with E-state index in [1.165, 1.54) is 23.2 Å². The second-order valence-electron chi connectivity index (χ2n) is 7.77. The van der Waals surface area contributed by atoms with Crippen molar-refractivity contribution >= 4 is 11.6 Å². The van der Waals surface area contributed by atoms with Gasteiger partial charge in [-0.25, -0.2) is 0 Å². The van der Waals surface area contributed by atoms with Gasteiger partial charge in [-0.1, -0.05) is 13.8 Å². The van der Waals surface area contributed by atoms with Gasteiger partial charge in [-0.3, -0.25) is 4.79 Å². The van der Waals surface area contributed by atoms with E-state index in [1.807, 2.05) is 0 Å². The third kappa shape index (κ3) is 2.38. The van der Waals surface area contributed by atoms with Crippen LogP contribution in [0, 0.1) is 5.92 Å². The van der Waals surface area contributed by atoms with Crippen LogP contribution < -0.4 is 9.64 Å². The second-order valence-corrected chi connectivity index (χ2v) is 7.77. The molecule has 130 valence electrons. The van der Waals surface area contributed by atoms with Crippen LogP contribution in [-0.2, 0) is 11.2 Å². The fraction of sp³-hybridized carbons (Fsp3) is 0.650. The Morgan fingerprint density at radius 3 is 2.54 bits per heavy atom. The highest BCUT2D eigenvalue weighted by atomic mass is 16.5. The molecule has 1 saturated heterocycles. The number of ether oxygens (including phenoxy) is 1. The smallest absolute Gasteiger partial charge is 0.223 e. The zero-order valence-corrected chi connectivity index (χ0v) is 15.0. The van der Waals surface area contributed by atoms with Gasteiger partial charge in [0.1, 0.15) is 5.75 Å². The summed E-state index contributed by atoms with van der Waals surface area (Å²) < 4.78 is 5.57. The lowest BCUT2D eigenvalue weighted by Gasteiger charge is -2.49. The molecule has 1 aromatic rings. The summed E-state index contributed by atoms with van der Waals surface area (Å²) in [6.07, 6.45) is 5.07. The highest BCUT2D eigenvalue weighted by Gasteiger charge is 2.41. The molecule has 1 aromatic carbocycles. The number of hydrogen-bond acceptors (Lipinski definition) is 3. The molecule has 0 unspecified atom stereocenters. The molecule has 3 heterocycles. The van der Waals surface area contributed by atoms with Crippen molar-refractivity contribution in [2.75, 3.05) is 25.1 Å². The molecule has 24 heavy (non-hydrogen) atoms. The third-order valence-electron chi connectivity index (χ3n) is 6.04. The highest BCUT2D eigenvalue weighted by molar-refractivity contribution is 5.79. The van der Waals surface area contributed by atoms with Crippen LogP contribution in [0.5, 0.6) is 5.75 Å². The fourth-order valence-electron chi connectivity index (χ4n) is 4.89. The number of hydrogen-bond donors (Lipinski definition) is 0. The minimum atomic E-state index is 0.214. The summed E-state index contributed by atoms with van der Waals surface area (Å²) in [7, 11) is 1.74. The molecular weight excluding hydrogens is 300 g/mol. The van der Waals surface area contributed by atoms with Crippen LogP contribution >= 0.6 is 0 Å². The van der Waals surface area contributed by atoms with Gasteiger partial charge in [0.25, 0.3) is 0 Å². The average molecular weight is 328 g/mol. The van der Waals surface area contributed by atoms with Crippen molar-refractivity contribution in [2.24, 2.45) is 5.92 Å². The van der Waals surface area contributed by atoms with E-state index in [0.717, 1.165) is 38.1 Å². The predicted octanol–water partition coefficient (Wildman–Crippen LogP) is 3.54. The average Bonchev–Trinajstić information content (AvgIpc) is 3.00. The van der Waals surface area contributed by atoms with Crippen molar-refractivity contribution in [3.05, 3.63) is 23.3 Å². The standard InChI is InChI=1S/C20H28N2O2/c1-13(2)17-12-18(21-8-5-7-19(21)23)16-11-15(24-3)10-14-6-4-9-22(17)20(14)16/h10-11,13,17-18H,4-9,12H2,1-3H3/t17-,18-/m1/s1. The summed E-state index contributed by atoms with van der Waals surface area (Å²) in [6, 6.07) is 5.12. The summed E-state index contributed by atoms with van der Waals surface area (Å²) in [5, 5.41) is 0. The Kier molecular flexibility index (Phi) is 3.93. The van der Waals surface area contributed by atoms with E-state index in [1.54, 1.807) is 7.11 Å². The SMILES string of the molecule is COc1cc2c3c(c1)[C@H](N1CCCC1=O)C[C@H](C(C)C)N3CCC2.